The second-order valence-electron chi connectivity index (χ2n) is 6.15. The number of fused-ring (bicyclic) bond motifs is 1. The third-order valence-corrected chi connectivity index (χ3v) is 5.27. The van der Waals surface area contributed by atoms with E-state index >= 15 is 0 Å². The van der Waals surface area contributed by atoms with E-state index in [9.17, 15) is 9.90 Å². The van der Waals surface area contributed by atoms with E-state index in [2.05, 4.69) is 30.3 Å². The molecular formula is C19H23NO2S. The quantitative estimate of drug-likeness (QED) is 0.936. The maximum Gasteiger partial charge on any atom is 0.223 e. The monoisotopic (exact) mass is 329 g/mol. The summed E-state index contributed by atoms with van der Waals surface area (Å²) in [5.41, 5.74) is 1.17. The van der Waals surface area contributed by atoms with Gasteiger partial charge in [0.2, 0.25) is 5.91 Å². The lowest BCUT2D eigenvalue weighted by molar-refractivity contribution is -0.134. The van der Waals surface area contributed by atoms with Gasteiger partial charge in [0, 0.05) is 31.2 Å². The molecule has 0 spiro atoms. The van der Waals surface area contributed by atoms with E-state index in [-0.39, 0.29) is 11.8 Å². The fourth-order valence-corrected chi connectivity index (χ4v) is 3.71. The SMILES string of the molecule is CSCCC(=O)N1CC[C@@H](c2ccc3ccccc3c2)[C@H](O)C1. The molecule has 1 fully saturated rings. The number of carbonyl (C=O) groups excluding carboxylic acids is 1. The molecule has 23 heavy (non-hydrogen) atoms. The first kappa shape index (κ1) is 16.3. The number of aliphatic hydroxyl groups excluding tert-OH is 1. The van der Waals surface area contributed by atoms with Crippen molar-refractivity contribution in [3.63, 3.8) is 0 Å². The molecular weight excluding hydrogens is 306 g/mol. The number of amides is 1. The lowest BCUT2D eigenvalue weighted by Crippen LogP contribution is -2.45. The number of rotatable bonds is 4. The number of likely N-dealkylation sites (tertiary alicyclic amines) is 1. The zero-order chi connectivity index (χ0) is 16.2. The van der Waals surface area contributed by atoms with Crippen LogP contribution >= 0.6 is 11.8 Å². The normalized spacial score (nSPS) is 21.6. The van der Waals surface area contributed by atoms with Crippen LogP contribution in [0.3, 0.4) is 0 Å². The topological polar surface area (TPSA) is 40.5 Å². The van der Waals surface area contributed by atoms with E-state index in [1.807, 2.05) is 23.3 Å². The summed E-state index contributed by atoms with van der Waals surface area (Å²) < 4.78 is 0. The number of β-amino-alcohol motifs (C(OH)–C–C–N with tert-alkyl or cyclic N) is 1. The summed E-state index contributed by atoms with van der Waals surface area (Å²) in [5.74, 6) is 1.12. The number of hydrogen-bond donors (Lipinski definition) is 1. The number of carbonyl (C=O) groups is 1. The summed E-state index contributed by atoms with van der Waals surface area (Å²) in [6, 6.07) is 14.7. The number of piperidine rings is 1. The molecule has 122 valence electrons. The Morgan fingerprint density at radius 3 is 2.78 bits per heavy atom. The molecule has 2 aromatic carbocycles. The van der Waals surface area contributed by atoms with E-state index in [0.717, 1.165) is 18.7 Å². The molecule has 3 rings (SSSR count). The molecule has 2 aromatic rings. The molecule has 1 saturated heterocycles. The van der Waals surface area contributed by atoms with Gasteiger partial charge in [-0.15, -0.1) is 0 Å². The fourth-order valence-electron chi connectivity index (χ4n) is 3.33. The van der Waals surface area contributed by atoms with Crippen LogP contribution in [0.15, 0.2) is 42.5 Å². The fraction of sp³-hybridized carbons (Fsp3) is 0.421. The van der Waals surface area contributed by atoms with Gasteiger partial charge in [0.05, 0.1) is 6.10 Å². The van der Waals surface area contributed by atoms with E-state index in [4.69, 9.17) is 0 Å². The molecule has 3 nitrogen and oxygen atoms in total. The van der Waals surface area contributed by atoms with Gasteiger partial charge in [0.1, 0.15) is 0 Å². The third-order valence-electron chi connectivity index (χ3n) is 4.66. The highest BCUT2D eigenvalue weighted by Crippen LogP contribution is 2.30. The van der Waals surface area contributed by atoms with Crippen molar-refractivity contribution in [3.05, 3.63) is 48.0 Å². The first-order valence-corrected chi connectivity index (χ1v) is 9.52. The Morgan fingerprint density at radius 2 is 2.04 bits per heavy atom. The van der Waals surface area contributed by atoms with Crippen molar-refractivity contribution >= 4 is 28.4 Å². The van der Waals surface area contributed by atoms with Crippen LogP contribution in [0.4, 0.5) is 0 Å². The van der Waals surface area contributed by atoms with Gasteiger partial charge in [-0.3, -0.25) is 4.79 Å². The number of aliphatic hydroxyl groups is 1. The van der Waals surface area contributed by atoms with Gasteiger partial charge >= 0.3 is 0 Å². The molecule has 0 aliphatic carbocycles. The number of benzene rings is 2. The van der Waals surface area contributed by atoms with Crippen LogP contribution in [0.1, 0.15) is 24.3 Å². The molecule has 4 heteroatoms. The Labute approximate surface area is 141 Å². The minimum Gasteiger partial charge on any atom is -0.391 e. The summed E-state index contributed by atoms with van der Waals surface area (Å²) >= 11 is 1.68. The molecule has 2 atom stereocenters. The molecule has 1 amide bonds. The summed E-state index contributed by atoms with van der Waals surface area (Å²) in [5, 5.41) is 13.0. The minimum absolute atomic E-state index is 0.115. The van der Waals surface area contributed by atoms with Crippen LogP contribution in [-0.2, 0) is 4.79 Å². The van der Waals surface area contributed by atoms with Gasteiger partial charge in [0.15, 0.2) is 0 Å². The average molecular weight is 329 g/mol. The number of nitrogens with zero attached hydrogens (tertiary/aromatic N) is 1. The van der Waals surface area contributed by atoms with E-state index in [0.29, 0.717) is 13.0 Å². The van der Waals surface area contributed by atoms with E-state index in [1.165, 1.54) is 16.3 Å². The Bertz CT molecular complexity index is 688. The standard InChI is InChI=1S/C19H23NO2S/c1-23-11-9-19(22)20-10-8-17(18(21)13-20)16-7-6-14-4-2-3-5-15(14)12-16/h2-7,12,17-18,21H,8-11,13H2,1H3/t17-,18+/m0/s1. The van der Waals surface area contributed by atoms with Gasteiger partial charge in [-0.05, 0) is 29.0 Å². The lowest BCUT2D eigenvalue weighted by Gasteiger charge is -2.36. The highest BCUT2D eigenvalue weighted by molar-refractivity contribution is 7.98. The van der Waals surface area contributed by atoms with Crippen molar-refractivity contribution < 1.29 is 9.90 Å². The van der Waals surface area contributed by atoms with Crippen LogP contribution < -0.4 is 0 Å². The Kier molecular flexibility index (Phi) is 5.23. The number of thioether (sulfide) groups is 1. The largest absolute Gasteiger partial charge is 0.391 e. The molecule has 0 saturated carbocycles. The minimum atomic E-state index is -0.483. The summed E-state index contributed by atoms with van der Waals surface area (Å²) in [6.45, 7) is 1.19. The van der Waals surface area contributed by atoms with Crippen molar-refractivity contribution in [2.45, 2.75) is 24.9 Å². The lowest BCUT2D eigenvalue weighted by atomic mass is 9.86. The van der Waals surface area contributed by atoms with Gasteiger partial charge < -0.3 is 10.0 Å². The first-order valence-electron chi connectivity index (χ1n) is 8.12. The molecule has 1 aliphatic heterocycles. The van der Waals surface area contributed by atoms with Gasteiger partial charge in [0.25, 0.3) is 0 Å². The summed E-state index contributed by atoms with van der Waals surface area (Å²) in [4.78, 5) is 13.9. The van der Waals surface area contributed by atoms with Gasteiger partial charge in [-0.1, -0.05) is 42.5 Å². The van der Waals surface area contributed by atoms with Crippen molar-refractivity contribution in [2.75, 3.05) is 25.1 Å². The highest BCUT2D eigenvalue weighted by atomic mass is 32.2. The summed E-state index contributed by atoms with van der Waals surface area (Å²) in [6.07, 6.45) is 2.91. The molecule has 1 N–H and O–H groups in total. The maximum atomic E-state index is 12.1. The van der Waals surface area contributed by atoms with Gasteiger partial charge in [-0.2, -0.15) is 11.8 Å². The second-order valence-corrected chi connectivity index (χ2v) is 7.14. The molecule has 0 aromatic heterocycles. The zero-order valence-corrected chi connectivity index (χ0v) is 14.3. The maximum absolute atomic E-state index is 12.1. The third kappa shape index (κ3) is 3.70. The first-order chi connectivity index (χ1) is 11.2. The van der Waals surface area contributed by atoms with Crippen molar-refractivity contribution in [1.82, 2.24) is 4.90 Å². The van der Waals surface area contributed by atoms with Crippen molar-refractivity contribution in [1.29, 1.82) is 0 Å². The van der Waals surface area contributed by atoms with E-state index in [1.54, 1.807) is 11.8 Å². The van der Waals surface area contributed by atoms with Crippen LogP contribution in [0.2, 0.25) is 0 Å². The molecule has 1 heterocycles. The van der Waals surface area contributed by atoms with Crippen molar-refractivity contribution in [3.8, 4) is 0 Å². The van der Waals surface area contributed by atoms with Gasteiger partial charge in [-0.25, -0.2) is 0 Å². The summed E-state index contributed by atoms with van der Waals surface area (Å²) in [7, 11) is 0. The predicted octanol–water partition coefficient (Wildman–Crippen LogP) is 3.27. The zero-order valence-electron chi connectivity index (χ0n) is 13.4. The molecule has 0 unspecified atom stereocenters. The predicted molar refractivity (Wildman–Crippen MR) is 96.9 cm³/mol. The Hall–Kier alpha value is -1.52. The van der Waals surface area contributed by atoms with Crippen LogP contribution in [0.25, 0.3) is 10.8 Å². The van der Waals surface area contributed by atoms with E-state index < -0.39 is 6.10 Å². The number of hydrogen-bond acceptors (Lipinski definition) is 3. The van der Waals surface area contributed by atoms with Crippen molar-refractivity contribution in [2.24, 2.45) is 0 Å². The Balaban J connectivity index is 1.71. The molecule has 0 bridgehead atoms. The molecule has 1 aliphatic rings. The Morgan fingerprint density at radius 1 is 1.26 bits per heavy atom. The molecule has 0 radical (unpaired) electrons. The average Bonchev–Trinajstić information content (AvgIpc) is 2.59. The van der Waals surface area contributed by atoms with Crippen LogP contribution in [0.5, 0.6) is 0 Å². The second kappa shape index (κ2) is 7.37. The smallest absolute Gasteiger partial charge is 0.223 e. The highest BCUT2D eigenvalue weighted by Gasteiger charge is 2.30. The van der Waals surface area contributed by atoms with Crippen LogP contribution in [0, 0.1) is 0 Å². The van der Waals surface area contributed by atoms with Crippen LogP contribution in [-0.4, -0.2) is 47.1 Å².